The highest BCUT2D eigenvalue weighted by Gasteiger charge is 2.16. The Morgan fingerprint density at radius 2 is 1.89 bits per heavy atom. The van der Waals surface area contributed by atoms with Crippen LogP contribution < -0.4 is 5.32 Å². The van der Waals surface area contributed by atoms with Crippen LogP contribution >= 0.6 is 11.6 Å². The molecule has 5 nitrogen and oxygen atoms in total. The molecule has 1 heterocycles. The average molecular weight is 386 g/mol. The molecule has 0 fully saturated rings. The van der Waals surface area contributed by atoms with Crippen LogP contribution in [0.2, 0.25) is 5.02 Å². The lowest BCUT2D eigenvalue weighted by Gasteiger charge is -2.08. The minimum absolute atomic E-state index is 0.160. The van der Waals surface area contributed by atoms with Crippen LogP contribution in [0, 0.1) is 13.8 Å². The number of halogens is 1. The fourth-order valence-corrected chi connectivity index (χ4v) is 3.17. The van der Waals surface area contributed by atoms with Crippen molar-refractivity contribution in [2.75, 3.05) is 11.9 Å². The maximum atomic E-state index is 12.4. The maximum Gasteiger partial charge on any atom is 0.338 e. The van der Waals surface area contributed by atoms with E-state index in [-0.39, 0.29) is 18.3 Å². The van der Waals surface area contributed by atoms with Gasteiger partial charge < -0.3 is 14.5 Å². The summed E-state index contributed by atoms with van der Waals surface area (Å²) in [7, 11) is 0. The molecule has 0 atom stereocenters. The Labute approximate surface area is 162 Å². The number of fused-ring (bicyclic) bond motifs is 1. The minimum atomic E-state index is -0.386. The van der Waals surface area contributed by atoms with Gasteiger partial charge in [0, 0.05) is 21.7 Å². The van der Waals surface area contributed by atoms with Gasteiger partial charge in [0.2, 0.25) is 5.91 Å². The molecule has 1 aromatic heterocycles. The van der Waals surface area contributed by atoms with E-state index in [1.807, 2.05) is 19.9 Å². The fourth-order valence-electron chi connectivity index (χ4n) is 3.02. The van der Waals surface area contributed by atoms with E-state index < -0.39 is 0 Å². The number of furan rings is 1. The Morgan fingerprint density at radius 1 is 1.19 bits per heavy atom. The zero-order valence-electron chi connectivity index (χ0n) is 15.4. The predicted octanol–water partition coefficient (Wildman–Crippen LogP) is 5.06. The summed E-state index contributed by atoms with van der Waals surface area (Å²) in [6.45, 7) is 5.91. The summed E-state index contributed by atoms with van der Waals surface area (Å²) in [5.74, 6) is -0.569. The van der Waals surface area contributed by atoms with Crippen molar-refractivity contribution in [3.8, 4) is 0 Å². The molecule has 0 bridgehead atoms. The third kappa shape index (κ3) is 3.98. The first-order valence-electron chi connectivity index (χ1n) is 8.63. The maximum absolute atomic E-state index is 12.4. The zero-order chi connectivity index (χ0) is 19.6. The monoisotopic (exact) mass is 385 g/mol. The van der Waals surface area contributed by atoms with E-state index in [0.717, 1.165) is 27.7 Å². The molecule has 0 aliphatic carbocycles. The van der Waals surface area contributed by atoms with Crippen molar-refractivity contribution in [1.29, 1.82) is 0 Å². The van der Waals surface area contributed by atoms with Gasteiger partial charge in [0.1, 0.15) is 5.58 Å². The van der Waals surface area contributed by atoms with Crippen LogP contribution in [0.5, 0.6) is 0 Å². The summed E-state index contributed by atoms with van der Waals surface area (Å²) in [4.78, 5) is 24.1. The van der Waals surface area contributed by atoms with Crippen molar-refractivity contribution in [3.05, 3.63) is 63.9 Å². The van der Waals surface area contributed by atoms with Crippen LogP contribution in [0.15, 0.2) is 41.0 Å². The number of carbonyl (C=O) groups is 2. The minimum Gasteiger partial charge on any atom is -0.464 e. The van der Waals surface area contributed by atoms with Gasteiger partial charge in [0.05, 0.1) is 24.9 Å². The molecule has 0 unspecified atom stereocenters. The highest BCUT2D eigenvalue weighted by molar-refractivity contribution is 6.33. The lowest BCUT2D eigenvalue weighted by Crippen LogP contribution is -2.14. The second kappa shape index (κ2) is 7.84. The van der Waals surface area contributed by atoms with E-state index in [0.29, 0.717) is 22.9 Å². The largest absolute Gasteiger partial charge is 0.464 e. The van der Waals surface area contributed by atoms with E-state index in [1.54, 1.807) is 37.5 Å². The summed E-state index contributed by atoms with van der Waals surface area (Å²) in [5, 5.41) is 4.38. The fraction of sp³-hybridized carbons (Fsp3) is 0.238. The van der Waals surface area contributed by atoms with Crippen LogP contribution in [0.4, 0.5) is 5.69 Å². The Kier molecular flexibility index (Phi) is 5.51. The molecule has 2 aromatic carbocycles. The molecule has 3 rings (SSSR count). The summed E-state index contributed by atoms with van der Waals surface area (Å²) in [6, 6.07) is 8.45. The smallest absolute Gasteiger partial charge is 0.338 e. The van der Waals surface area contributed by atoms with Gasteiger partial charge in [-0.25, -0.2) is 4.79 Å². The lowest BCUT2D eigenvalue weighted by molar-refractivity contribution is -0.115. The SMILES string of the molecule is CCOC(=O)c1ccc(NC(=O)Cc2coc3cc(C)c(Cl)c(C)c23)cc1. The molecule has 0 saturated carbocycles. The van der Waals surface area contributed by atoms with E-state index in [9.17, 15) is 9.59 Å². The number of hydrogen-bond acceptors (Lipinski definition) is 4. The zero-order valence-corrected chi connectivity index (χ0v) is 16.1. The van der Waals surface area contributed by atoms with Crippen LogP contribution in [-0.2, 0) is 16.0 Å². The van der Waals surface area contributed by atoms with Crippen LogP contribution in [0.1, 0.15) is 34.0 Å². The Bertz CT molecular complexity index is 1010. The third-order valence-electron chi connectivity index (χ3n) is 4.32. The number of anilines is 1. The van der Waals surface area contributed by atoms with Gasteiger partial charge in [0.15, 0.2) is 0 Å². The van der Waals surface area contributed by atoms with E-state index in [2.05, 4.69) is 5.32 Å². The summed E-state index contributed by atoms with van der Waals surface area (Å²) in [5.41, 5.74) is 4.39. The molecule has 1 N–H and O–H groups in total. The van der Waals surface area contributed by atoms with E-state index in [4.69, 9.17) is 20.8 Å². The lowest BCUT2D eigenvalue weighted by atomic mass is 10.0. The van der Waals surface area contributed by atoms with E-state index >= 15 is 0 Å². The summed E-state index contributed by atoms with van der Waals surface area (Å²) >= 11 is 6.33. The van der Waals surface area contributed by atoms with Crippen LogP contribution in [0.3, 0.4) is 0 Å². The molecule has 3 aromatic rings. The molecule has 6 heteroatoms. The first-order chi connectivity index (χ1) is 12.9. The number of ether oxygens (including phenoxy) is 1. The number of rotatable bonds is 5. The van der Waals surface area contributed by atoms with E-state index in [1.165, 1.54) is 0 Å². The van der Waals surface area contributed by atoms with Crippen molar-refractivity contribution in [2.24, 2.45) is 0 Å². The normalized spacial score (nSPS) is 10.8. The quantitative estimate of drug-likeness (QED) is 0.623. The molecular weight excluding hydrogens is 366 g/mol. The molecule has 0 aliphatic rings. The Morgan fingerprint density at radius 3 is 2.56 bits per heavy atom. The summed E-state index contributed by atoms with van der Waals surface area (Å²) in [6.07, 6.45) is 1.75. The van der Waals surface area contributed by atoms with Gasteiger partial charge in [0.25, 0.3) is 0 Å². The second-order valence-corrected chi connectivity index (χ2v) is 6.67. The molecule has 0 spiro atoms. The topological polar surface area (TPSA) is 68.5 Å². The van der Waals surface area contributed by atoms with Crippen molar-refractivity contribution in [3.63, 3.8) is 0 Å². The van der Waals surface area contributed by atoms with Gasteiger partial charge in [-0.3, -0.25) is 4.79 Å². The van der Waals surface area contributed by atoms with Crippen molar-refractivity contribution in [1.82, 2.24) is 0 Å². The van der Waals surface area contributed by atoms with Gasteiger partial charge in [-0.1, -0.05) is 11.6 Å². The number of nitrogens with one attached hydrogen (secondary N) is 1. The van der Waals surface area contributed by atoms with Gasteiger partial charge in [-0.2, -0.15) is 0 Å². The van der Waals surface area contributed by atoms with Crippen LogP contribution in [-0.4, -0.2) is 18.5 Å². The molecule has 0 radical (unpaired) electrons. The first kappa shape index (κ1) is 19.0. The predicted molar refractivity (Wildman–Crippen MR) is 105 cm³/mol. The molecule has 0 saturated heterocycles. The Hall–Kier alpha value is -2.79. The highest BCUT2D eigenvalue weighted by atomic mass is 35.5. The molecule has 0 aliphatic heterocycles. The number of hydrogen-bond donors (Lipinski definition) is 1. The number of benzene rings is 2. The van der Waals surface area contributed by atoms with Gasteiger partial charge in [-0.15, -0.1) is 0 Å². The van der Waals surface area contributed by atoms with Crippen molar-refractivity contribution < 1.29 is 18.7 Å². The average Bonchev–Trinajstić information content (AvgIpc) is 3.02. The molecule has 1 amide bonds. The Balaban J connectivity index is 1.74. The third-order valence-corrected chi connectivity index (χ3v) is 4.91. The standard InChI is InChI=1S/C21H20ClNO4/c1-4-26-21(25)14-5-7-16(8-6-14)23-18(24)10-15-11-27-17-9-12(2)20(22)13(3)19(15)17/h5-9,11H,4,10H2,1-3H3,(H,23,24). The van der Waals surface area contributed by atoms with Gasteiger partial charge in [-0.05, 0) is 62.2 Å². The number of carbonyl (C=O) groups excluding carboxylic acids is 2. The van der Waals surface area contributed by atoms with Crippen LogP contribution in [0.25, 0.3) is 11.0 Å². The molecule has 140 valence electrons. The van der Waals surface area contributed by atoms with Crippen molar-refractivity contribution >= 4 is 40.1 Å². The highest BCUT2D eigenvalue weighted by Crippen LogP contribution is 2.32. The van der Waals surface area contributed by atoms with Crippen molar-refractivity contribution in [2.45, 2.75) is 27.2 Å². The van der Waals surface area contributed by atoms with Gasteiger partial charge >= 0.3 is 5.97 Å². The number of aryl methyl sites for hydroxylation is 2. The number of esters is 1. The number of amides is 1. The summed E-state index contributed by atoms with van der Waals surface area (Å²) < 4.78 is 10.5. The molecular formula is C21H20ClNO4. The second-order valence-electron chi connectivity index (χ2n) is 6.29. The first-order valence-corrected chi connectivity index (χ1v) is 9.01. The molecule has 27 heavy (non-hydrogen) atoms.